The molecule has 1 N–H and O–H groups in total. The van der Waals surface area contributed by atoms with Crippen molar-refractivity contribution < 1.29 is 0 Å². The van der Waals surface area contributed by atoms with Gasteiger partial charge in [-0.05, 0) is 17.5 Å². The molecule has 82 valence electrons. The minimum atomic E-state index is 0.391. The number of hydrogen-bond donors (Lipinski definition) is 1. The zero-order valence-corrected chi connectivity index (χ0v) is 10.7. The molecule has 3 rings (SSSR count). The normalized spacial score (nSPS) is 11.7. The highest BCUT2D eigenvalue weighted by molar-refractivity contribution is 7.28. The maximum atomic E-state index is 4.50. The summed E-state index contributed by atoms with van der Waals surface area (Å²) < 4.78 is 2.63. The number of aromatic amines is 1. The first-order valence-electron chi connectivity index (χ1n) is 5.14. The summed E-state index contributed by atoms with van der Waals surface area (Å²) in [6, 6.07) is 4.31. The van der Waals surface area contributed by atoms with Gasteiger partial charge in [0.1, 0.15) is 5.82 Å². The predicted octanol–water partition coefficient (Wildman–Crippen LogP) is 3.87. The van der Waals surface area contributed by atoms with Gasteiger partial charge in [0, 0.05) is 15.3 Å². The average Bonchev–Trinajstić information content (AvgIpc) is 2.91. The average molecular weight is 249 g/mol. The highest BCUT2D eigenvalue weighted by atomic mass is 32.1. The van der Waals surface area contributed by atoms with Crippen LogP contribution in [0.25, 0.3) is 20.1 Å². The van der Waals surface area contributed by atoms with E-state index in [9.17, 15) is 0 Å². The van der Waals surface area contributed by atoms with Gasteiger partial charge in [-0.15, -0.1) is 22.7 Å². The second-order valence-corrected chi connectivity index (χ2v) is 5.99. The number of fused-ring (bicyclic) bond motifs is 1. The van der Waals surface area contributed by atoms with Gasteiger partial charge in [0.15, 0.2) is 5.82 Å². The minimum Gasteiger partial charge on any atom is -0.262 e. The molecule has 3 aromatic rings. The fourth-order valence-corrected chi connectivity index (χ4v) is 3.56. The van der Waals surface area contributed by atoms with Gasteiger partial charge in [0.25, 0.3) is 0 Å². The Hall–Kier alpha value is -1.20. The molecule has 0 amide bonds. The molecule has 0 bridgehead atoms. The van der Waals surface area contributed by atoms with E-state index in [-0.39, 0.29) is 0 Å². The smallest absolute Gasteiger partial charge is 0.191 e. The third-order valence-corrected chi connectivity index (χ3v) is 4.50. The third-order valence-electron chi connectivity index (χ3n) is 2.41. The fourth-order valence-electron chi connectivity index (χ4n) is 1.52. The van der Waals surface area contributed by atoms with Crippen LogP contribution in [0, 0.1) is 0 Å². The third kappa shape index (κ3) is 1.56. The number of rotatable bonds is 2. The van der Waals surface area contributed by atoms with Crippen LogP contribution in [0.1, 0.15) is 25.6 Å². The van der Waals surface area contributed by atoms with Crippen molar-refractivity contribution in [3.8, 4) is 10.7 Å². The summed E-state index contributed by atoms with van der Waals surface area (Å²) in [5, 5.41) is 9.36. The van der Waals surface area contributed by atoms with Crippen molar-refractivity contribution in [2.45, 2.75) is 19.8 Å². The van der Waals surface area contributed by atoms with E-state index in [0.717, 1.165) is 16.5 Å². The summed E-state index contributed by atoms with van der Waals surface area (Å²) >= 11 is 3.51. The fraction of sp³-hybridized carbons (Fsp3) is 0.273. The molecule has 0 fully saturated rings. The molecule has 0 unspecified atom stereocenters. The Morgan fingerprint density at radius 2 is 2.19 bits per heavy atom. The molecule has 5 heteroatoms. The van der Waals surface area contributed by atoms with Gasteiger partial charge in [-0.1, -0.05) is 13.8 Å². The lowest BCUT2D eigenvalue weighted by Gasteiger charge is -1.94. The number of nitrogens with one attached hydrogen (secondary N) is 1. The van der Waals surface area contributed by atoms with Gasteiger partial charge in [-0.25, -0.2) is 4.98 Å². The number of nitrogens with zero attached hydrogens (tertiary/aromatic N) is 2. The van der Waals surface area contributed by atoms with Gasteiger partial charge in [0.05, 0.1) is 4.88 Å². The van der Waals surface area contributed by atoms with Crippen molar-refractivity contribution in [2.75, 3.05) is 0 Å². The zero-order chi connectivity index (χ0) is 11.1. The van der Waals surface area contributed by atoms with Crippen molar-refractivity contribution in [1.82, 2.24) is 15.2 Å². The molecule has 0 aromatic carbocycles. The zero-order valence-electron chi connectivity index (χ0n) is 9.02. The quantitative estimate of drug-likeness (QED) is 0.749. The highest BCUT2D eigenvalue weighted by Crippen LogP contribution is 2.34. The van der Waals surface area contributed by atoms with E-state index in [1.807, 2.05) is 0 Å². The first-order chi connectivity index (χ1) is 7.74. The van der Waals surface area contributed by atoms with Crippen LogP contribution in [-0.4, -0.2) is 15.2 Å². The Kier molecular flexibility index (Phi) is 2.29. The van der Waals surface area contributed by atoms with E-state index >= 15 is 0 Å². The maximum Gasteiger partial charge on any atom is 0.191 e. The molecule has 3 aromatic heterocycles. The van der Waals surface area contributed by atoms with E-state index < -0.39 is 0 Å². The van der Waals surface area contributed by atoms with E-state index in [0.29, 0.717) is 5.92 Å². The van der Waals surface area contributed by atoms with Crippen LogP contribution in [0.3, 0.4) is 0 Å². The lowest BCUT2D eigenvalue weighted by Crippen LogP contribution is -1.89. The van der Waals surface area contributed by atoms with Crippen molar-refractivity contribution in [1.29, 1.82) is 0 Å². The second-order valence-electron chi connectivity index (χ2n) is 3.96. The summed E-state index contributed by atoms with van der Waals surface area (Å²) in [7, 11) is 0. The van der Waals surface area contributed by atoms with E-state index in [1.54, 1.807) is 22.7 Å². The molecule has 3 heterocycles. The van der Waals surface area contributed by atoms with Crippen LogP contribution in [-0.2, 0) is 0 Å². The van der Waals surface area contributed by atoms with Gasteiger partial charge in [0.2, 0.25) is 0 Å². The first-order valence-corrected chi connectivity index (χ1v) is 6.83. The number of thiophene rings is 2. The van der Waals surface area contributed by atoms with Crippen molar-refractivity contribution in [3.63, 3.8) is 0 Å². The monoisotopic (exact) mass is 249 g/mol. The Bertz CT molecular complexity index is 589. The lowest BCUT2D eigenvalue weighted by molar-refractivity contribution is 0.781. The summed E-state index contributed by atoms with van der Waals surface area (Å²) in [5.41, 5.74) is 0. The minimum absolute atomic E-state index is 0.391. The van der Waals surface area contributed by atoms with Gasteiger partial charge in [-0.2, -0.15) is 5.10 Å². The summed E-state index contributed by atoms with van der Waals surface area (Å²) in [6.07, 6.45) is 0. The largest absolute Gasteiger partial charge is 0.262 e. The first kappa shape index (κ1) is 9.99. The standard InChI is InChI=1S/C11H11N3S2/c1-6(2)10-12-11(14-13-10)9-5-8-7(16-9)3-4-15-8/h3-6H,1-2H3,(H,12,13,14). The van der Waals surface area contributed by atoms with Crippen LogP contribution in [0.5, 0.6) is 0 Å². The molecule has 0 radical (unpaired) electrons. The molecular formula is C11H11N3S2. The van der Waals surface area contributed by atoms with Gasteiger partial charge in [-0.3, -0.25) is 5.10 Å². The number of aromatic nitrogens is 3. The Labute approximate surface area is 101 Å². The lowest BCUT2D eigenvalue weighted by atomic mass is 10.2. The molecule has 16 heavy (non-hydrogen) atoms. The van der Waals surface area contributed by atoms with Crippen molar-refractivity contribution in [2.24, 2.45) is 0 Å². The Morgan fingerprint density at radius 1 is 1.31 bits per heavy atom. The molecular weight excluding hydrogens is 238 g/mol. The van der Waals surface area contributed by atoms with Crippen LogP contribution in [0.2, 0.25) is 0 Å². The van der Waals surface area contributed by atoms with E-state index in [1.165, 1.54) is 9.40 Å². The van der Waals surface area contributed by atoms with E-state index in [2.05, 4.69) is 46.5 Å². The van der Waals surface area contributed by atoms with Crippen molar-refractivity contribution in [3.05, 3.63) is 23.3 Å². The van der Waals surface area contributed by atoms with Gasteiger partial charge < -0.3 is 0 Å². The summed E-state index contributed by atoms with van der Waals surface area (Å²) in [5.74, 6) is 2.16. The van der Waals surface area contributed by atoms with E-state index in [4.69, 9.17) is 0 Å². The Balaban J connectivity index is 2.05. The second kappa shape index (κ2) is 3.68. The summed E-state index contributed by atoms with van der Waals surface area (Å²) in [4.78, 5) is 5.65. The van der Waals surface area contributed by atoms with Crippen LogP contribution in [0.4, 0.5) is 0 Å². The highest BCUT2D eigenvalue weighted by Gasteiger charge is 2.11. The van der Waals surface area contributed by atoms with Gasteiger partial charge >= 0.3 is 0 Å². The van der Waals surface area contributed by atoms with Crippen LogP contribution < -0.4 is 0 Å². The molecule has 0 spiro atoms. The SMILES string of the molecule is CC(C)c1nc(-c2cc3sccc3s2)n[nH]1. The number of H-pyrrole nitrogens is 1. The molecule has 0 atom stereocenters. The molecule has 3 nitrogen and oxygen atoms in total. The maximum absolute atomic E-state index is 4.50. The topological polar surface area (TPSA) is 41.6 Å². The molecule has 0 saturated heterocycles. The van der Waals surface area contributed by atoms with Crippen LogP contribution >= 0.6 is 22.7 Å². The molecule has 0 aliphatic carbocycles. The molecule has 0 aliphatic rings. The van der Waals surface area contributed by atoms with Crippen LogP contribution in [0.15, 0.2) is 17.5 Å². The van der Waals surface area contributed by atoms with Crippen molar-refractivity contribution >= 4 is 32.1 Å². The Morgan fingerprint density at radius 3 is 2.88 bits per heavy atom. The molecule has 0 aliphatic heterocycles. The predicted molar refractivity (Wildman–Crippen MR) is 69.2 cm³/mol. The number of hydrogen-bond acceptors (Lipinski definition) is 4. The molecule has 0 saturated carbocycles. The summed E-state index contributed by atoms with van der Waals surface area (Å²) in [6.45, 7) is 4.22.